The average Bonchev–Trinajstić information content (AvgIpc) is 2.70. The fourth-order valence-corrected chi connectivity index (χ4v) is 7.41. The van der Waals surface area contributed by atoms with E-state index in [0.717, 1.165) is 40.7 Å². The van der Waals surface area contributed by atoms with E-state index in [2.05, 4.69) is 0 Å². The molecule has 1 aliphatic rings. The highest BCUT2D eigenvalue weighted by Crippen LogP contribution is 2.31. The van der Waals surface area contributed by atoms with Crippen LogP contribution in [0.25, 0.3) is 0 Å². The van der Waals surface area contributed by atoms with Gasteiger partial charge < -0.3 is 4.90 Å². The molecule has 31 heavy (non-hydrogen) atoms. The summed E-state index contributed by atoms with van der Waals surface area (Å²) in [4.78, 5) is 14.3. The number of unbranched alkanes of at least 4 members (excludes halogenated alkanes) is 2. The van der Waals surface area contributed by atoms with Gasteiger partial charge in [0.25, 0.3) is 0 Å². The lowest BCUT2D eigenvalue weighted by Crippen LogP contribution is -2.52. The number of amides is 1. The fourth-order valence-electron chi connectivity index (χ4n) is 4.08. The predicted octanol–water partition coefficient (Wildman–Crippen LogP) is 2.67. The lowest BCUT2D eigenvalue weighted by molar-refractivity contribution is -0.129. The number of rotatable bonds is 8. The molecule has 1 aromatic carbocycles. The van der Waals surface area contributed by atoms with Crippen LogP contribution >= 0.6 is 0 Å². The van der Waals surface area contributed by atoms with E-state index in [1.165, 1.54) is 9.21 Å². The molecule has 9 heteroatoms. The number of nitrogens with zero attached hydrogens (tertiary/aromatic N) is 2. The first-order valence-electron chi connectivity index (χ1n) is 10.9. The van der Waals surface area contributed by atoms with E-state index in [9.17, 15) is 21.6 Å². The van der Waals surface area contributed by atoms with Crippen molar-refractivity contribution >= 4 is 25.8 Å². The number of carbonyl (C=O) groups excluding carboxylic acids is 1. The molecule has 0 saturated carbocycles. The monoisotopic (exact) mass is 472 g/mol. The molecule has 0 aromatic heterocycles. The third kappa shape index (κ3) is 5.68. The molecule has 176 valence electrons. The van der Waals surface area contributed by atoms with Crippen LogP contribution in [0.15, 0.2) is 4.90 Å². The van der Waals surface area contributed by atoms with Gasteiger partial charge in [0.1, 0.15) is 5.75 Å². The molecule has 7 nitrogen and oxygen atoms in total. The summed E-state index contributed by atoms with van der Waals surface area (Å²) in [5.41, 5.74) is 4.58. The maximum absolute atomic E-state index is 13.4. The first-order valence-corrected chi connectivity index (χ1v) is 14.1. The molecule has 1 heterocycles. The topological polar surface area (TPSA) is 91.8 Å². The van der Waals surface area contributed by atoms with Crippen molar-refractivity contribution in [3.05, 3.63) is 27.8 Å². The van der Waals surface area contributed by atoms with Crippen molar-refractivity contribution in [3.63, 3.8) is 0 Å². The van der Waals surface area contributed by atoms with Crippen LogP contribution in [0.5, 0.6) is 0 Å². The number of piperazine rings is 1. The summed E-state index contributed by atoms with van der Waals surface area (Å²) in [6.07, 6.45) is 2.30. The summed E-state index contributed by atoms with van der Waals surface area (Å²) >= 11 is 0. The quantitative estimate of drug-likeness (QED) is 0.543. The molecule has 1 aromatic rings. The molecule has 0 aliphatic carbocycles. The van der Waals surface area contributed by atoms with E-state index in [-0.39, 0.29) is 31.9 Å². The van der Waals surface area contributed by atoms with Gasteiger partial charge in [-0.25, -0.2) is 16.8 Å². The zero-order chi connectivity index (χ0) is 23.6. The van der Waals surface area contributed by atoms with Crippen molar-refractivity contribution in [3.8, 4) is 0 Å². The van der Waals surface area contributed by atoms with Crippen LogP contribution in [-0.2, 0) is 24.7 Å². The Hall–Kier alpha value is -1.45. The third-order valence-corrected chi connectivity index (χ3v) is 10.3. The Balaban J connectivity index is 2.12. The van der Waals surface area contributed by atoms with Gasteiger partial charge in [0.15, 0.2) is 9.84 Å². The van der Waals surface area contributed by atoms with E-state index < -0.39 is 31.5 Å². The molecule has 0 spiro atoms. The second-order valence-corrected chi connectivity index (χ2v) is 12.6. The Morgan fingerprint density at radius 2 is 1.26 bits per heavy atom. The minimum absolute atomic E-state index is 0.0194. The summed E-state index contributed by atoms with van der Waals surface area (Å²) in [6.45, 7) is 12.3. The highest BCUT2D eigenvalue weighted by molar-refractivity contribution is 7.92. The van der Waals surface area contributed by atoms with Crippen LogP contribution in [0.4, 0.5) is 0 Å². The predicted molar refractivity (Wildman–Crippen MR) is 124 cm³/mol. The van der Waals surface area contributed by atoms with Crippen LogP contribution in [0.3, 0.4) is 0 Å². The fraction of sp³-hybridized carbons (Fsp3) is 0.682. The summed E-state index contributed by atoms with van der Waals surface area (Å²) < 4.78 is 52.6. The van der Waals surface area contributed by atoms with Gasteiger partial charge in [0, 0.05) is 26.2 Å². The Kier molecular flexibility index (Phi) is 8.33. The van der Waals surface area contributed by atoms with E-state index in [0.29, 0.717) is 11.3 Å². The molecule has 1 aliphatic heterocycles. The molecule has 2 rings (SSSR count). The Morgan fingerprint density at radius 1 is 0.774 bits per heavy atom. The first kappa shape index (κ1) is 25.8. The van der Waals surface area contributed by atoms with Crippen molar-refractivity contribution in [2.24, 2.45) is 0 Å². The Morgan fingerprint density at radius 3 is 1.74 bits per heavy atom. The Labute approximate surface area is 187 Å². The van der Waals surface area contributed by atoms with Gasteiger partial charge in [0.2, 0.25) is 15.9 Å². The maximum Gasteiger partial charge on any atom is 0.243 e. The van der Waals surface area contributed by atoms with E-state index in [4.69, 9.17) is 0 Å². The molecule has 1 amide bonds. The SMILES string of the molecule is CCCCCS(=O)(=O)CC(=O)N1CCN(S(=O)(=O)c2c(C)c(C)c(C)c(C)c2C)CC1. The first-order chi connectivity index (χ1) is 14.3. The van der Waals surface area contributed by atoms with Crippen molar-refractivity contribution in [1.29, 1.82) is 0 Å². The van der Waals surface area contributed by atoms with E-state index >= 15 is 0 Å². The van der Waals surface area contributed by atoms with Crippen molar-refractivity contribution in [2.75, 3.05) is 37.7 Å². The second-order valence-electron chi connectivity index (χ2n) is 8.54. The number of hydrogen-bond donors (Lipinski definition) is 0. The van der Waals surface area contributed by atoms with Crippen LogP contribution in [0.2, 0.25) is 0 Å². The summed E-state index contributed by atoms with van der Waals surface area (Å²) in [5.74, 6) is -0.924. The summed E-state index contributed by atoms with van der Waals surface area (Å²) in [6, 6.07) is 0. The zero-order valence-electron chi connectivity index (χ0n) is 19.6. The maximum atomic E-state index is 13.4. The summed E-state index contributed by atoms with van der Waals surface area (Å²) in [7, 11) is -7.14. The van der Waals surface area contributed by atoms with Gasteiger partial charge in [0.05, 0.1) is 10.6 Å². The number of benzene rings is 1. The highest BCUT2D eigenvalue weighted by atomic mass is 32.2. The molecule has 1 fully saturated rings. The van der Waals surface area contributed by atoms with Crippen LogP contribution in [0.1, 0.15) is 54.0 Å². The average molecular weight is 473 g/mol. The van der Waals surface area contributed by atoms with Crippen molar-refractivity contribution in [2.45, 2.75) is 65.7 Å². The van der Waals surface area contributed by atoms with Crippen LogP contribution in [0, 0.1) is 34.6 Å². The number of sulfone groups is 1. The lowest BCUT2D eigenvalue weighted by Gasteiger charge is -2.35. The molecule has 0 N–H and O–H groups in total. The van der Waals surface area contributed by atoms with Gasteiger partial charge in [-0.3, -0.25) is 4.79 Å². The minimum Gasteiger partial charge on any atom is -0.339 e. The Bertz CT molecular complexity index is 1010. The van der Waals surface area contributed by atoms with Gasteiger partial charge in [-0.2, -0.15) is 4.31 Å². The number of hydrogen-bond acceptors (Lipinski definition) is 5. The lowest BCUT2D eigenvalue weighted by atomic mass is 9.95. The van der Waals surface area contributed by atoms with Crippen molar-refractivity contribution in [1.82, 2.24) is 9.21 Å². The molecule has 0 bridgehead atoms. The molecule has 0 unspecified atom stereocenters. The van der Waals surface area contributed by atoms with Gasteiger partial charge in [-0.05, 0) is 68.9 Å². The number of carbonyl (C=O) groups is 1. The minimum atomic E-state index is -3.71. The largest absolute Gasteiger partial charge is 0.339 e. The molecule has 1 saturated heterocycles. The number of sulfonamides is 1. The van der Waals surface area contributed by atoms with Crippen molar-refractivity contribution < 1.29 is 21.6 Å². The molecule has 0 atom stereocenters. The standard InChI is InChI=1S/C22H36N2O5S2/c1-7-8-9-14-30(26,27)15-21(25)23-10-12-24(13-11-23)31(28,29)22-19(5)17(3)16(2)18(4)20(22)6/h7-15H2,1-6H3. The van der Waals surface area contributed by atoms with Gasteiger partial charge >= 0.3 is 0 Å². The molecule has 0 radical (unpaired) electrons. The second kappa shape index (κ2) is 10.0. The molecular formula is C22H36N2O5S2. The molecular weight excluding hydrogens is 436 g/mol. The zero-order valence-corrected chi connectivity index (χ0v) is 21.2. The van der Waals surface area contributed by atoms with E-state index in [1.54, 1.807) is 0 Å². The van der Waals surface area contributed by atoms with E-state index in [1.807, 2.05) is 41.5 Å². The van der Waals surface area contributed by atoms with Crippen LogP contribution < -0.4 is 0 Å². The van der Waals surface area contributed by atoms with Gasteiger partial charge in [-0.1, -0.05) is 19.8 Å². The smallest absolute Gasteiger partial charge is 0.243 e. The van der Waals surface area contributed by atoms with Gasteiger partial charge in [-0.15, -0.1) is 0 Å². The van der Waals surface area contributed by atoms with Crippen LogP contribution in [-0.4, -0.2) is 69.6 Å². The normalized spacial score (nSPS) is 16.0. The summed E-state index contributed by atoms with van der Waals surface area (Å²) in [5, 5.41) is 0. The highest BCUT2D eigenvalue weighted by Gasteiger charge is 2.34. The third-order valence-electron chi connectivity index (χ3n) is 6.52.